The fourth-order valence-corrected chi connectivity index (χ4v) is 8.15. The second-order valence-corrected chi connectivity index (χ2v) is 12.6. The van der Waals surface area contributed by atoms with E-state index in [0.29, 0.717) is 0 Å². The van der Waals surface area contributed by atoms with Crippen molar-refractivity contribution in [3.63, 3.8) is 0 Å². The maximum absolute atomic E-state index is 14.3. The Morgan fingerprint density at radius 3 is 1.82 bits per heavy atom. The molecule has 0 spiro atoms. The van der Waals surface area contributed by atoms with E-state index >= 15 is 0 Å². The lowest BCUT2D eigenvalue weighted by Gasteiger charge is -2.41. The van der Waals surface area contributed by atoms with Gasteiger partial charge >= 0.3 is 0 Å². The Hall–Kier alpha value is -5.45. The van der Waals surface area contributed by atoms with Gasteiger partial charge in [-0.25, -0.2) is 4.21 Å². The van der Waals surface area contributed by atoms with Crippen molar-refractivity contribution in [1.82, 2.24) is 0 Å². The molecule has 0 N–H and O–H groups in total. The van der Waals surface area contributed by atoms with Crippen molar-refractivity contribution < 1.29 is 4.21 Å². The molecule has 4 heteroatoms. The van der Waals surface area contributed by atoms with E-state index < -0.39 is 10.8 Å². The first-order valence-electron chi connectivity index (χ1n) is 14.8. The smallest absolute Gasteiger partial charge is 0.0893 e. The molecule has 3 nitrogen and oxygen atoms in total. The molecule has 7 aromatic rings. The van der Waals surface area contributed by atoms with Gasteiger partial charge in [-0.05, 0) is 70.6 Å². The number of hydrogen-bond acceptors (Lipinski definition) is 3. The van der Waals surface area contributed by atoms with Gasteiger partial charge in [-0.3, -0.25) is 0 Å². The Kier molecular flexibility index (Phi) is 5.59. The minimum atomic E-state index is -1.35. The van der Waals surface area contributed by atoms with E-state index in [2.05, 4.69) is 137 Å². The predicted octanol–water partition coefficient (Wildman–Crippen LogP) is 10.9. The van der Waals surface area contributed by atoms with Crippen LogP contribution in [0.2, 0.25) is 0 Å². The van der Waals surface area contributed by atoms with Crippen molar-refractivity contribution in [2.45, 2.75) is 9.79 Å². The van der Waals surface area contributed by atoms with Crippen molar-refractivity contribution in [1.29, 1.82) is 0 Å². The fraction of sp³-hybridized carbons (Fsp3) is 0. The van der Waals surface area contributed by atoms with Gasteiger partial charge in [-0.2, -0.15) is 0 Å². The summed E-state index contributed by atoms with van der Waals surface area (Å²) < 4.78 is 14.3. The standard InChI is InChI=1S/C40H26N2OS/c43-44-36-20-8-7-18-34(36)41(30-15-5-2-6-16-30)40-37(44)26-25-33-32-17-9-13-29-14-10-19-35(38(29)32)42(39(33)40)31-23-21-28(22-24-31)27-11-3-1-4-12-27/h1-26H. The molecule has 208 valence electrons. The van der Waals surface area contributed by atoms with Gasteiger partial charge in [0.15, 0.2) is 0 Å². The summed E-state index contributed by atoms with van der Waals surface area (Å²) in [5.74, 6) is 0. The fourth-order valence-electron chi connectivity index (χ4n) is 6.81. The molecule has 1 atom stereocenters. The third kappa shape index (κ3) is 3.65. The van der Waals surface area contributed by atoms with E-state index in [4.69, 9.17) is 0 Å². The first-order chi connectivity index (χ1) is 21.8. The molecule has 0 saturated carbocycles. The van der Waals surface area contributed by atoms with Gasteiger partial charge in [0.05, 0.1) is 43.3 Å². The summed E-state index contributed by atoms with van der Waals surface area (Å²) in [7, 11) is -1.35. The van der Waals surface area contributed by atoms with Crippen LogP contribution < -0.4 is 9.80 Å². The number of fused-ring (bicyclic) bond motifs is 5. The van der Waals surface area contributed by atoms with E-state index in [1.54, 1.807) is 0 Å². The summed E-state index contributed by atoms with van der Waals surface area (Å²) in [5, 5.41) is 2.42. The van der Waals surface area contributed by atoms with Gasteiger partial charge < -0.3 is 9.80 Å². The second kappa shape index (κ2) is 9.80. The average Bonchev–Trinajstić information content (AvgIpc) is 3.10. The zero-order valence-electron chi connectivity index (χ0n) is 23.7. The molecule has 2 heterocycles. The third-order valence-corrected chi connectivity index (χ3v) is 10.2. The molecular formula is C40H26N2OS. The van der Waals surface area contributed by atoms with Crippen LogP contribution in [0.4, 0.5) is 34.1 Å². The molecule has 0 bridgehead atoms. The maximum atomic E-state index is 14.3. The van der Waals surface area contributed by atoms with Crippen LogP contribution >= 0.6 is 0 Å². The van der Waals surface area contributed by atoms with Crippen molar-refractivity contribution in [3.05, 3.63) is 158 Å². The average molecular weight is 583 g/mol. The molecule has 9 rings (SSSR count). The van der Waals surface area contributed by atoms with E-state index in [1.165, 1.54) is 27.5 Å². The Morgan fingerprint density at radius 2 is 1.02 bits per heavy atom. The minimum Gasteiger partial charge on any atom is -0.307 e. The topological polar surface area (TPSA) is 23.6 Å². The molecular weight excluding hydrogens is 557 g/mol. The first-order valence-corrected chi connectivity index (χ1v) is 15.9. The summed E-state index contributed by atoms with van der Waals surface area (Å²) in [5.41, 5.74) is 10.8. The summed E-state index contributed by atoms with van der Waals surface area (Å²) in [4.78, 5) is 6.30. The van der Waals surface area contributed by atoms with Crippen molar-refractivity contribution in [3.8, 4) is 22.3 Å². The highest BCUT2D eigenvalue weighted by Gasteiger charge is 2.37. The van der Waals surface area contributed by atoms with E-state index in [9.17, 15) is 4.21 Å². The molecule has 7 aromatic carbocycles. The maximum Gasteiger partial charge on any atom is 0.0893 e. The largest absolute Gasteiger partial charge is 0.307 e. The second-order valence-electron chi connectivity index (χ2n) is 11.1. The quantitative estimate of drug-likeness (QED) is 0.207. The molecule has 0 saturated heterocycles. The Labute approximate surface area is 258 Å². The molecule has 0 radical (unpaired) electrons. The minimum absolute atomic E-state index is 0.809. The van der Waals surface area contributed by atoms with Gasteiger partial charge in [0, 0.05) is 22.3 Å². The van der Waals surface area contributed by atoms with Crippen LogP contribution in [0.25, 0.3) is 33.0 Å². The van der Waals surface area contributed by atoms with Crippen LogP contribution in [0.5, 0.6) is 0 Å². The number of rotatable bonds is 3. The number of nitrogens with zero attached hydrogens (tertiary/aromatic N) is 2. The van der Waals surface area contributed by atoms with Gasteiger partial charge in [-0.1, -0.05) is 109 Å². The molecule has 0 aromatic heterocycles. The molecule has 0 aliphatic carbocycles. The highest BCUT2D eigenvalue weighted by molar-refractivity contribution is 7.85. The number of hydrogen-bond donors (Lipinski definition) is 0. The number of para-hydroxylation sites is 2. The highest BCUT2D eigenvalue weighted by atomic mass is 32.2. The van der Waals surface area contributed by atoms with Gasteiger partial charge in [0.1, 0.15) is 0 Å². The third-order valence-electron chi connectivity index (χ3n) is 8.73. The lowest BCUT2D eigenvalue weighted by molar-refractivity contribution is 0.682. The summed E-state index contributed by atoms with van der Waals surface area (Å²) in [6, 6.07) is 55.1. The lowest BCUT2D eigenvalue weighted by atomic mass is 9.89. The zero-order chi connectivity index (χ0) is 29.2. The highest BCUT2D eigenvalue weighted by Crippen LogP contribution is 2.59. The summed E-state index contributed by atoms with van der Waals surface area (Å²) >= 11 is 0. The van der Waals surface area contributed by atoms with Gasteiger partial charge in [-0.15, -0.1) is 0 Å². The van der Waals surface area contributed by atoms with Crippen molar-refractivity contribution >= 4 is 55.7 Å². The molecule has 0 amide bonds. The number of benzene rings is 7. The van der Waals surface area contributed by atoms with E-state index in [1.807, 2.05) is 30.3 Å². The van der Waals surface area contributed by atoms with Crippen LogP contribution in [-0.2, 0) is 10.8 Å². The van der Waals surface area contributed by atoms with Crippen molar-refractivity contribution in [2.75, 3.05) is 9.80 Å². The Balaban J connectivity index is 1.37. The Bertz CT molecular complexity index is 2240. The molecule has 0 fully saturated rings. The SMILES string of the molecule is O=S1c2ccccc2N(c2ccccc2)c2c1ccc1c2N(c2ccc(-c3ccccc3)cc2)c2cccc3cccc-1c23. The predicted molar refractivity (Wildman–Crippen MR) is 182 cm³/mol. The normalized spacial score (nSPS) is 14.6. The van der Waals surface area contributed by atoms with E-state index in [0.717, 1.165) is 49.5 Å². The van der Waals surface area contributed by atoms with E-state index in [-0.39, 0.29) is 0 Å². The molecule has 2 aliphatic rings. The Morgan fingerprint density at radius 1 is 0.409 bits per heavy atom. The van der Waals surface area contributed by atoms with Gasteiger partial charge in [0.25, 0.3) is 0 Å². The molecule has 44 heavy (non-hydrogen) atoms. The van der Waals surface area contributed by atoms with Crippen LogP contribution in [0, 0.1) is 0 Å². The first kappa shape index (κ1) is 25.1. The zero-order valence-corrected chi connectivity index (χ0v) is 24.5. The van der Waals surface area contributed by atoms with Crippen LogP contribution in [0.1, 0.15) is 0 Å². The van der Waals surface area contributed by atoms with Crippen LogP contribution in [0.15, 0.2) is 168 Å². The lowest BCUT2D eigenvalue weighted by Crippen LogP contribution is -2.24. The molecule has 1 unspecified atom stereocenters. The van der Waals surface area contributed by atoms with Gasteiger partial charge in [0.2, 0.25) is 0 Å². The summed E-state index contributed by atoms with van der Waals surface area (Å²) in [6.07, 6.45) is 0. The van der Waals surface area contributed by atoms with Crippen molar-refractivity contribution in [2.24, 2.45) is 0 Å². The van der Waals surface area contributed by atoms with Crippen LogP contribution in [0.3, 0.4) is 0 Å². The monoisotopic (exact) mass is 582 g/mol. The molecule has 2 aliphatic heterocycles. The van der Waals surface area contributed by atoms with Crippen LogP contribution in [-0.4, -0.2) is 4.21 Å². The summed E-state index contributed by atoms with van der Waals surface area (Å²) in [6.45, 7) is 0. The number of anilines is 6.